The lowest BCUT2D eigenvalue weighted by molar-refractivity contribution is 0.101. The zero-order valence-corrected chi connectivity index (χ0v) is 19.3. The van der Waals surface area contributed by atoms with Gasteiger partial charge in [0.2, 0.25) is 0 Å². The van der Waals surface area contributed by atoms with Crippen molar-refractivity contribution in [3.63, 3.8) is 0 Å². The lowest BCUT2D eigenvalue weighted by Crippen LogP contribution is -2.15. The summed E-state index contributed by atoms with van der Waals surface area (Å²) in [7, 11) is 0. The van der Waals surface area contributed by atoms with E-state index in [9.17, 15) is 4.79 Å². The van der Waals surface area contributed by atoms with E-state index in [0.717, 1.165) is 5.56 Å². The van der Waals surface area contributed by atoms with Crippen molar-refractivity contribution in [2.75, 3.05) is 5.32 Å². The van der Waals surface area contributed by atoms with Crippen LogP contribution in [0.1, 0.15) is 16.1 Å². The number of carbonyl (C=O) groups is 1. The van der Waals surface area contributed by atoms with E-state index < -0.39 is 5.91 Å². The van der Waals surface area contributed by atoms with Gasteiger partial charge in [0.1, 0.15) is 15.8 Å². The Hall–Kier alpha value is -2.71. The van der Waals surface area contributed by atoms with Crippen molar-refractivity contribution in [3.05, 3.63) is 92.3 Å². The maximum Gasteiger partial charge on any atom is 0.277 e. The summed E-state index contributed by atoms with van der Waals surface area (Å²) >= 11 is 24.5. The minimum absolute atomic E-state index is 0.0422. The molecular formula is C21H15Cl4N5O2. The molecule has 4 aromatic rings. The van der Waals surface area contributed by atoms with E-state index in [1.165, 1.54) is 4.68 Å². The van der Waals surface area contributed by atoms with Crippen LogP contribution in [0, 0.1) is 0 Å². The molecule has 0 aliphatic rings. The molecule has 7 nitrogen and oxygen atoms in total. The number of benzene rings is 2. The SMILES string of the molecule is O=C(Nc1nn(Cc2ccccc2Cl)cc1Cl)c1ccn(COc2cccc(Cl)c2Cl)n1. The number of amides is 1. The van der Waals surface area contributed by atoms with E-state index in [2.05, 4.69) is 15.5 Å². The van der Waals surface area contributed by atoms with Crippen LogP contribution in [0.4, 0.5) is 5.82 Å². The van der Waals surface area contributed by atoms with E-state index in [1.807, 2.05) is 18.2 Å². The van der Waals surface area contributed by atoms with Crippen LogP contribution in [0.5, 0.6) is 5.75 Å². The molecule has 2 aromatic heterocycles. The third-order valence-electron chi connectivity index (χ3n) is 4.38. The number of aromatic nitrogens is 4. The fourth-order valence-electron chi connectivity index (χ4n) is 2.82. The summed E-state index contributed by atoms with van der Waals surface area (Å²) in [4.78, 5) is 12.6. The van der Waals surface area contributed by atoms with Gasteiger partial charge in [-0.2, -0.15) is 10.2 Å². The van der Waals surface area contributed by atoms with Gasteiger partial charge in [-0.25, -0.2) is 4.68 Å². The van der Waals surface area contributed by atoms with Gasteiger partial charge in [0.05, 0.1) is 11.6 Å². The van der Waals surface area contributed by atoms with Gasteiger partial charge < -0.3 is 10.1 Å². The molecule has 4 rings (SSSR count). The zero-order valence-electron chi connectivity index (χ0n) is 16.3. The molecular weight excluding hydrogens is 496 g/mol. The molecule has 0 aliphatic carbocycles. The Balaban J connectivity index is 1.39. The molecule has 164 valence electrons. The van der Waals surface area contributed by atoms with Crippen LogP contribution >= 0.6 is 46.4 Å². The molecule has 0 unspecified atom stereocenters. The maximum absolute atomic E-state index is 12.6. The fraction of sp³-hybridized carbons (Fsp3) is 0.0952. The Morgan fingerprint density at radius 1 is 0.906 bits per heavy atom. The third kappa shape index (κ3) is 5.19. The van der Waals surface area contributed by atoms with Gasteiger partial charge in [-0.15, -0.1) is 0 Å². The highest BCUT2D eigenvalue weighted by Crippen LogP contribution is 2.31. The first-order chi connectivity index (χ1) is 15.4. The molecule has 11 heteroatoms. The summed E-state index contributed by atoms with van der Waals surface area (Å²) < 4.78 is 8.65. The van der Waals surface area contributed by atoms with E-state index >= 15 is 0 Å². The molecule has 0 saturated carbocycles. The van der Waals surface area contributed by atoms with Crippen molar-refractivity contribution < 1.29 is 9.53 Å². The first kappa shape index (κ1) is 22.5. The molecule has 0 radical (unpaired) electrons. The molecule has 2 aromatic carbocycles. The molecule has 0 fully saturated rings. The van der Waals surface area contributed by atoms with E-state index in [0.29, 0.717) is 32.4 Å². The first-order valence-corrected chi connectivity index (χ1v) is 10.8. The lowest BCUT2D eigenvalue weighted by Gasteiger charge is -2.08. The topological polar surface area (TPSA) is 74.0 Å². The summed E-state index contributed by atoms with van der Waals surface area (Å²) in [6, 6.07) is 14.0. The predicted octanol–water partition coefficient (Wildman–Crippen LogP) is 6.03. The molecule has 0 aliphatic heterocycles. The van der Waals surface area contributed by atoms with Crippen LogP contribution in [0.3, 0.4) is 0 Å². The number of hydrogen-bond acceptors (Lipinski definition) is 4. The second-order valence-corrected chi connectivity index (χ2v) is 8.23. The van der Waals surface area contributed by atoms with E-state index in [1.54, 1.807) is 47.4 Å². The van der Waals surface area contributed by atoms with Gasteiger partial charge in [0.15, 0.2) is 18.2 Å². The van der Waals surface area contributed by atoms with Crippen LogP contribution in [0.25, 0.3) is 0 Å². The summed E-state index contributed by atoms with van der Waals surface area (Å²) in [6.07, 6.45) is 3.21. The molecule has 32 heavy (non-hydrogen) atoms. The standard InChI is InChI=1S/C21H15Cl4N5O2/c22-14-5-2-1-4-13(14)10-30-11-16(24)20(28-30)26-21(31)17-8-9-29(27-17)12-32-18-7-3-6-15(23)19(18)25/h1-9,11H,10,12H2,(H,26,28,31). The van der Waals surface area contributed by atoms with Crippen LogP contribution in [-0.4, -0.2) is 25.5 Å². The molecule has 0 saturated heterocycles. The normalized spacial score (nSPS) is 10.9. The van der Waals surface area contributed by atoms with Crippen molar-refractivity contribution >= 4 is 58.1 Å². The number of rotatable bonds is 7. The summed E-state index contributed by atoms with van der Waals surface area (Å²) in [5.74, 6) is 0.172. The minimum Gasteiger partial charge on any atom is -0.470 e. The second-order valence-electron chi connectivity index (χ2n) is 6.63. The van der Waals surface area contributed by atoms with Crippen LogP contribution < -0.4 is 10.1 Å². The number of ether oxygens (including phenoxy) is 1. The maximum atomic E-state index is 12.6. The number of nitrogens with zero attached hydrogens (tertiary/aromatic N) is 4. The monoisotopic (exact) mass is 509 g/mol. The number of anilines is 1. The second kappa shape index (κ2) is 9.83. The van der Waals surface area contributed by atoms with Gasteiger partial charge in [0, 0.05) is 17.4 Å². The number of halogens is 4. The van der Waals surface area contributed by atoms with Crippen LogP contribution in [0.15, 0.2) is 60.9 Å². The Kier molecular flexibility index (Phi) is 6.91. The Morgan fingerprint density at radius 2 is 1.69 bits per heavy atom. The average Bonchev–Trinajstić information content (AvgIpc) is 3.38. The molecule has 0 spiro atoms. The van der Waals surface area contributed by atoms with E-state index in [-0.39, 0.29) is 18.2 Å². The van der Waals surface area contributed by atoms with Gasteiger partial charge in [-0.1, -0.05) is 70.7 Å². The summed E-state index contributed by atoms with van der Waals surface area (Å²) in [5, 5.41) is 12.8. The smallest absolute Gasteiger partial charge is 0.277 e. The highest BCUT2D eigenvalue weighted by Gasteiger charge is 2.15. The largest absolute Gasteiger partial charge is 0.470 e. The molecule has 1 amide bonds. The van der Waals surface area contributed by atoms with Gasteiger partial charge in [-0.3, -0.25) is 9.48 Å². The number of nitrogens with one attached hydrogen (secondary N) is 1. The highest BCUT2D eigenvalue weighted by molar-refractivity contribution is 6.42. The average molecular weight is 511 g/mol. The van der Waals surface area contributed by atoms with Crippen LogP contribution in [0.2, 0.25) is 20.1 Å². The first-order valence-electron chi connectivity index (χ1n) is 9.28. The molecule has 2 heterocycles. The van der Waals surface area contributed by atoms with E-state index in [4.69, 9.17) is 51.1 Å². The predicted molar refractivity (Wildman–Crippen MR) is 125 cm³/mol. The van der Waals surface area contributed by atoms with Crippen LogP contribution in [-0.2, 0) is 13.3 Å². The van der Waals surface area contributed by atoms with Crippen molar-refractivity contribution in [2.24, 2.45) is 0 Å². The van der Waals surface area contributed by atoms with Gasteiger partial charge >= 0.3 is 0 Å². The third-order valence-corrected chi connectivity index (χ3v) is 5.83. The van der Waals surface area contributed by atoms with Crippen molar-refractivity contribution in [3.8, 4) is 5.75 Å². The van der Waals surface area contributed by atoms with Crippen molar-refractivity contribution in [1.29, 1.82) is 0 Å². The number of hydrogen-bond donors (Lipinski definition) is 1. The summed E-state index contributed by atoms with van der Waals surface area (Å²) in [5.41, 5.74) is 1.05. The van der Waals surface area contributed by atoms with Gasteiger partial charge in [0.25, 0.3) is 5.91 Å². The Bertz CT molecular complexity index is 1270. The summed E-state index contributed by atoms with van der Waals surface area (Å²) in [6.45, 7) is 0.452. The number of carbonyl (C=O) groups excluding carboxylic acids is 1. The molecule has 0 bridgehead atoms. The minimum atomic E-state index is -0.463. The molecule has 1 N–H and O–H groups in total. The van der Waals surface area contributed by atoms with Crippen molar-refractivity contribution in [2.45, 2.75) is 13.3 Å². The van der Waals surface area contributed by atoms with Crippen molar-refractivity contribution in [1.82, 2.24) is 19.6 Å². The Morgan fingerprint density at radius 3 is 2.50 bits per heavy atom. The quantitative estimate of drug-likeness (QED) is 0.329. The van der Waals surface area contributed by atoms with Gasteiger partial charge in [-0.05, 0) is 29.8 Å². The lowest BCUT2D eigenvalue weighted by atomic mass is 10.2. The highest BCUT2D eigenvalue weighted by atomic mass is 35.5. The Labute approximate surface area is 203 Å². The fourth-order valence-corrected chi connectivity index (χ4v) is 3.56. The zero-order chi connectivity index (χ0) is 22.7. The molecule has 0 atom stereocenters.